The maximum atomic E-state index is 12.8. The minimum absolute atomic E-state index is 0.180. The standard InChI is InChI=1S/C19H13F3N8O/c1-29-9-10(7-25-29)15-17-27-18(28-30(17)5-4-23-15)26-11-2-3-12-13(8-24-14(12)6-11)16(31)19(20,21)22/h2-9,24H,1H3,(H,26,28). The number of alkyl halides is 3. The molecule has 0 aliphatic rings. The fourth-order valence-corrected chi connectivity index (χ4v) is 3.29. The summed E-state index contributed by atoms with van der Waals surface area (Å²) in [6.07, 6.45) is 2.84. The van der Waals surface area contributed by atoms with Gasteiger partial charge in [0.05, 0.1) is 11.8 Å². The summed E-state index contributed by atoms with van der Waals surface area (Å²) in [6, 6.07) is 4.56. The molecular weight excluding hydrogens is 413 g/mol. The second-order valence-corrected chi connectivity index (χ2v) is 6.80. The monoisotopic (exact) mass is 426 g/mol. The van der Waals surface area contributed by atoms with Crippen molar-refractivity contribution >= 4 is 34.0 Å². The van der Waals surface area contributed by atoms with Crippen LogP contribution in [0.3, 0.4) is 0 Å². The quantitative estimate of drug-likeness (QED) is 0.426. The average Bonchev–Trinajstić information content (AvgIpc) is 3.43. The number of aryl methyl sites for hydroxylation is 1. The molecule has 0 saturated heterocycles. The first kappa shape index (κ1) is 18.8. The predicted octanol–water partition coefficient (Wildman–Crippen LogP) is 3.49. The number of aromatic amines is 1. The van der Waals surface area contributed by atoms with Crippen LogP contribution in [-0.4, -0.2) is 46.3 Å². The van der Waals surface area contributed by atoms with Gasteiger partial charge in [-0.25, -0.2) is 4.52 Å². The highest BCUT2D eigenvalue weighted by molar-refractivity contribution is 6.10. The van der Waals surface area contributed by atoms with Crippen LogP contribution in [0.5, 0.6) is 0 Å². The van der Waals surface area contributed by atoms with E-state index in [1.54, 1.807) is 47.0 Å². The van der Waals surface area contributed by atoms with Crippen LogP contribution < -0.4 is 5.32 Å². The minimum Gasteiger partial charge on any atom is -0.360 e. The molecule has 0 amide bonds. The third-order valence-corrected chi connectivity index (χ3v) is 4.67. The summed E-state index contributed by atoms with van der Waals surface area (Å²) in [4.78, 5) is 23.1. The lowest BCUT2D eigenvalue weighted by molar-refractivity contribution is -0.0884. The van der Waals surface area contributed by atoms with Crippen molar-refractivity contribution < 1.29 is 18.0 Å². The Morgan fingerprint density at radius 2 is 2.10 bits per heavy atom. The van der Waals surface area contributed by atoms with Gasteiger partial charge in [0.1, 0.15) is 5.69 Å². The fraction of sp³-hybridized carbons (Fsp3) is 0.105. The summed E-state index contributed by atoms with van der Waals surface area (Å²) in [6.45, 7) is 0. The molecule has 12 heteroatoms. The molecule has 2 N–H and O–H groups in total. The molecule has 5 rings (SSSR count). The molecule has 156 valence electrons. The van der Waals surface area contributed by atoms with Crippen molar-refractivity contribution in [2.24, 2.45) is 7.05 Å². The van der Waals surface area contributed by atoms with Gasteiger partial charge in [0.2, 0.25) is 5.95 Å². The van der Waals surface area contributed by atoms with Gasteiger partial charge in [-0.15, -0.1) is 5.10 Å². The Morgan fingerprint density at radius 1 is 1.26 bits per heavy atom. The zero-order valence-corrected chi connectivity index (χ0v) is 15.8. The lowest BCUT2D eigenvalue weighted by Crippen LogP contribution is -2.22. The molecule has 0 fully saturated rings. The Balaban J connectivity index is 1.48. The van der Waals surface area contributed by atoms with Crippen molar-refractivity contribution in [2.75, 3.05) is 5.32 Å². The topological polar surface area (TPSA) is 106 Å². The lowest BCUT2D eigenvalue weighted by atomic mass is 10.1. The molecule has 1 aromatic carbocycles. The highest BCUT2D eigenvalue weighted by Crippen LogP contribution is 2.29. The number of carbonyl (C=O) groups excluding carboxylic acids is 1. The molecule has 4 heterocycles. The number of Topliss-reactive ketones (excluding diaryl/α,β-unsaturated/α-hetero) is 1. The van der Waals surface area contributed by atoms with Crippen LogP contribution in [0.1, 0.15) is 10.4 Å². The smallest absolute Gasteiger partial charge is 0.360 e. The second-order valence-electron chi connectivity index (χ2n) is 6.80. The number of aromatic nitrogens is 7. The summed E-state index contributed by atoms with van der Waals surface area (Å²) < 4.78 is 41.5. The number of anilines is 2. The number of ketones is 1. The molecule has 4 aromatic heterocycles. The number of fused-ring (bicyclic) bond motifs is 2. The Hall–Kier alpha value is -4.22. The average molecular weight is 426 g/mol. The summed E-state index contributed by atoms with van der Waals surface area (Å²) in [5.41, 5.74) is 2.38. The summed E-state index contributed by atoms with van der Waals surface area (Å²) in [5.74, 6) is -1.62. The normalized spacial score (nSPS) is 12.0. The maximum Gasteiger partial charge on any atom is 0.454 e. The molecule has 0 atom stereocenters. The fourth-order valence-electron chi connectivity index (χ4n) is 3.29. The molecule has 0 bridgehead atoms. The number of hydrogen-bond donors (Lipinski definition) is 2. The number of hydrogen-bond acceptors (Lipinski definition) is 6. The second kappa shape index (κ2) is 6.65. The zero-order chi connectivity index (χ0) is 21.8. The predicted molar refractivity (Wildman–Crippen MR) is 105 cm³/mol. The molecule has 0 aliphatic heterocycles. The van der Waals surface area contributed by atoms with E-state index < -0.39 is 17.5 Å². The number of H-pyrrole nitrogens is 1. The van der Waals surface area contributed by atoms with E-state index in [4.69, 9.17) is 0 Å². The summed E-state index contributed by atoms with van der Waals surface area (Å²) >= 11 is 0. The van der Waals surface area contributed by atoms with Crippen LogP contribution in [0.2, 0.25) is 0 Å². The van der Waals surface area contributed by atoms with Gasteiger partial charge in [-0.05, 0) is 12.1 Å². The van der Waals surface area contributed by atoms with Crippen LogP contribution in [0, 0.1) is 0 Å². The number of halogens is 3. The van der Waals surface area contributed by atoms with Gasteiger partial charge in [-0.3, -0.25) is 14.5 Å². The highest BCUT2D eigenvalue weighted by Gasteiger charge is 2.40. The first-order valence-corrected chi connectivity index (χ1v) is 9.00. The Morgan fingerprint density at radius 3 is 2.84 bits per heavy atom. The third kappa shape index (κ3) is 3.27. The van der Waals surface area contributed by atoms with Gasteiger partial charge in [0.25, 0.3) is 5.78 Å². The van der Waals surface area contributed by atoms with Gasteiger partial charge in [0, 0.05) is 54.0 Å². The van der Waals surface area contributed by atoms with Gasteiger partial charge < -0.3 is 10.3 Å². The van der Waals surface area contributed by atoms with Crippen molar-refractivity contribution in [3.05, 3.63) is 54.7 Å². The van der Waals surface area contributed by atoms with E-state index in [0.29, 0.717) is 22.5 Å². The first-order valence-electron chi connectivity index (χ1n) is 9.00. The number of carbonyl (C=O) groups is 1. The van der Waals surface area contributed by atoms with Crippen LogP contribution in [0.4, 0.5) is 24.8 Å². The maximum absolute atomic E-state index is 12.8. The molecule has 0 spiro atoms. The van der Waals surface area contributed by atoms with Crippen LogP contribution in [-0.2, 0) is 7.05 Å². The largest absolute Gasteiger partial charge is 0.454 e. The molecule has 0 aliphatic carbocycles. The third-order valence-electron chi connectivity index (χ3n) is 4.67. The van der Waals surface area contributed by atoms with Crippen LogP contribution in [0.15, 0.2) is 49.2 Å². The Bertz CT molecular complexity index is 1450. The van der Waals surface area contributed by atoms with Crippen molar-refractivity contribution in [1.82, 2.24) is 34.3 Å². The lowest BCUT2D eigenvalue weighted by Gasteiger charge is -2.04. The molecule has 0 radical (unpaired) electrons. The number of rotatable bonds is 4. The number of nitrogens with one attached hydrogen (secondary N) is 2. The molecule has 0 unspecified atom stereocenters. The summed E-state index contributed by atoms with van der Waals surface area (Å²) in [5, 5.41) is 11.7. The summed E-state index contributed by atoms with van der Waals surface area (Å²) in [7, 11) is 1.80. The van der Waals surface area contributed by atoms with Gasteiger partial charge in [0.15, 0.2) is 5.65 Å². The SMILES string of the molecule is Cn1cc(-c2nccn3nc(Nc4ccc5c(C(=O)C(F)(F)F)c[nH]c5c4)nc23)cn1. The van der Waals surface area contributed by atoms with Gasteiger partial charge in [-0.2, -0.15) is 23.3 Å². The number of benzene rings is 1. The molecular formula is C19H13F3N8O. The Labute approximate surface area is 171 Å². The zero-order valence-electron chi connectivity index (χ0n) is 15.8. The van der Waals surface area contributed by atoms with Crippen molar-refractivity contribution in [1.29, 1.82) is 0 Å². The Kier molecular flexibility index (Phi) is 4.03. The number of nitrogens with zero attached hydrogens (tertiary/aromatic N) is 6. The molecule has 9 nitrogen and oxygen atoms in total. The molecule has 31 heavy (non-hydrogen) atoms. The minimum atomic E-state index is -4.94. The molecule has 0 saturated carbocycles. The van der Waals surface area contributed by atoms with Gasteiger partial charge in [-0.1, -0.05) is 6.07 Å². The van der Waals surface area contributed by atoms with Crippen molar-refractivity contribution in [2.45, 2.75) is 6.18 Å². The van der Waals surface area contributed by atoms with Crippen LogP contribution >= 0.6 is 0 Å². The van der Waals surface area contributed by atoms with E-state index in [9.17, 15) is 18.0 Å². The van der Waals surface area contributed by atoms with E-state index in [-0.39, 0.29) is 11.3 Å². The van der Waals surface area contributed by atoms with Crippen molar-refractivity contribution in [3.8, 4) is 11.3 Å². The van der Waals surface area contributed by atoms with E-state index in [2.05, 4.69) is 30.5 Å². The van der Waals surface area contributed by atoms with Crippen LogP contribution in [0.25, 0.3) is 27.8 Å². The van der Waals surface area contributed by atoms with E-state index in [1.165, 1.54) is 6.07 Å². The van der Waals surface area contributed by atoms with Crippen molar-refractivity contribution in [3.63, 3.8) is 0 Å². The highest BCUT2D eigenvalue weighted by atomic mass is 19.4. The first-order chi connectivity index (χ1) is 14.8. The molecule has 5 aromatic rings. The van der Waals surface area contributed by atoms with E-state index >= 15 is 0 Å². The van der Waals surface area contributed by atoms with Gasteiger partial charge >= 0.3 is 6.18 Å². The van der Waals surface area contributed by atoms with E-state index in [0.717, 1.165) is 11.8 Å². The van der Waals surface area contributed by atoms with E-state index in [1.807, 2.05) is 6.20 Å².